The highest BCUT2D eigenvalue weighted by atomic mass is 35.5. The van der Waals surface area contributed by atoms with Crippen LogP contribution in [0.2, 0.25) is 10.0 Å². The summed E-state index contributed by atoms with van der Waals surface area (Å²) < 4.78 is 48.6. The van der Waals surface area contributed by atoms with Crippen LogP contribution in [0.25, 0.3) is 0 Å². The summed E-state index contributed by atoms with van der Waals surface area (Å²) in [6.07, 6.45) is -2.94. The zero-order valence-electron chi connectivity index (χ0n) is 12.9. The maximum atomic E-state index is 12.6. The molecule has 140 valence electrons. The Kier molecular flexibility index (Phi) is 7.35. The third-order valence-corrected chi connectivity index (χ3v) is 3.99. The van der Waals surface area contributed by atoms with E-state index in [4.69, 9.17) is 55.9 Å². The summed E-state index contributed by atoms with van der Waals surface area (Å²) in [5.74, 6) is 0.583. The summed E-state index contributed by atoms with van der Waals surface area (Å²) in [7, 11) is 0. The summed E-state index contributed by atoms with van der Waals surface area (Å²) in [6.45, 7) is 0.128. The fourth-order valence-corrected chi connectivity index (χ4v) is 2.61. The summed E-state index contributed by atoms with van der Waals surface area (Å²) in [5.41, 5.74) is -0.197. The molecule has 0 aliphatic rings. The average molecular weight is 446 g/mol. The average Bonchev–Trinajstić information content (AvgIpc) is 2.53. The maximum absolute atomic E-state index is 12.6. The number of alkyl halides is 3. The van der Waals surface area contributed by atoms with Gasteiger partial charge in [0, 0.05) is 12.1 Å². The Labute approximate surface area is 168 Å². The molecule has 26 heavy (non-hydrogen) atoms. The molecule has 0 radical (unpaired) electrons. The van der Waals surface area contributed by atoms with Gasteiger partial charge in [0.15, 0.2) is 5.75 Å². The minimum absolute atomic E-state index is 0.00236. The molecule has 2 aromatic carbocycles. The van der Waals surface area contributed by atoms with Gasteiger partial charge in [0.2, 0.25) is 0 Å². The number of halogens is 7. The quantitative estimate of drug-likeness (QED) is 0.464. The zero-order chi connectivity index (χ0) is 19.3. The molecule has 0 saturated heterocycles. The highest BCUT2D eigenvalue weighted by Crippen LogP contribution is 2.37. The van der Waals surface area contributed by atoms with Gasteiger partial charge in [-0.3, -0.25) is 0 Å². The van der Waals surface area contributed by atoms with Crippen LogP contribution in [0.4, 0.5) is 13.2 Å². The van der Waals surface area contributed by atoms with E-state index in [1.54, 1.807) is 0 Å². The van der Waals surface area contributed by atoms with Gasteiger partial charge in [-0.05, 0) is 23.8 Å². The summed E-state index contributed by atoms with van der Waals surface area (Å²) in [5, 5.41) is 0.390. The van der Waals surface area contributed by atoms with E-state index in [1.165, 1.54) is 30.3 Å². The van der Waals surface area contributed by atoms with E-state index < -0.39 is 11.7 Å². The highest BCUT2D eigenvalue weighted by Gasteiger charge is 2.29. The molecule has 0 aromatic heterocycles. The Balaban J connectivity index is 2.04. The zero-order valence-corrected chi connectivity index (χ0v) is 15.9. The highest BCUT2D eigenvalue weighted by molar-refractivity contribution is 6.55. The molecule has 0 N–H and O–H groups in total. The number of hydrogen-bond acceptors (Lipinski definition) is 2. The molecule has 9 heteroatoms. The molecule has 0 bridgehead atoms. The lowest BCUT2D eigenvalue weighted by molar-refractivity contribution is -0.137. The van der Waals surface area contributed by atoms with Crippen molar-refractivity contribution in [2.75, 3.05) is 6.61 Å². The van der Waals surface area contributed by atoms with Crippen molar-refractivity contribution in [3.8, 4) is 11.5 Å². The minimum Gasteiger partial charge on any atom is -0.489 e. The van der Waals surface area contributed by atoms with Gasteiger partial charge < -0.3 is 9.47 Å². The van der Waals surface area contributed by atoms with Gasteiger partial charge in [-0.1, -0.05) is 58.5 Å². The third-order valence-electron chi connectivity index (χ3n) is 3.12. The maximum Gasteiger partial charge on any atom is 0.416 e. The molecule has 0 heterocycles. The van der Waals surface area contributed by atoms with Crippen molar-refractivity contribution in [2.24, 2.45) is 0 Å². The van der Waals surface area contributed by atoms with Crippen LogP contribution in [0.3, 0.4) is 0 Å². The first-order valence-electron chi connectivity index (χ1n) is 7.09. The Morgan fingerprint density at radius 2 is 1.54 bits per heavy atom. The molecule has 0 aliphatic heterocycles. The molecule has 0 fully saturated rings. The van der Waals surface area contributed by atoms with Crippen LogP contribution in [0.15, 0.2) is 47.0 Å². The fourth-order valence-electron chi connectivity index (χ4n) is 1.90. The minimum atomic E-state index is -4.38. The largest absolute Gasteiger partial charge is 0.489 e. The van der Waals surface area contributed by atoms with Gasteiger partial charge in [-0.15, -0.1) is 0 Å². The van der Waals surface area contributed by atoms with Gasteiger partial charge >= 0.3 is 6.18 Å². The summed E-state index contributed by atoms with van der Waals surface area (Å²) in [4.78, 5) is 0. The first kappa shape index (κ1) is 21.0. The van der Waals surface area contributed by atoms with E-state index in [2.05, 4.69) is 0 Å². The molecule has 0 aliphatic carbocycles. The van der Waals surface area contributed by atoms with Crippen LogP contribution in [0.1, 0.15) is 11.1 Å². The third kappa shape index (κ3) is 6.16. The molecule has 0 atom stereocenters. The van der Waals surface area contributed by atoms with Crippen molar-refractivity contribution in [1.82, 2.24) is 0 Å². The van der Waals surface area contributed by atoms with Crippen molar-refractivity contribution in [2.45, 2.75) is 12.8 Å². The topological polar surface area (TPSA) is 18.5 Å². The van der Waals surface area contributed by atoms with Crippen molar-refractivity contribution < 1.29 is 22.6 Å². The van der Waals surface area contributed by atoms with E-state index in [0.29, 0.717) is 11.3 Å². The van der Waals surface area contributed by atoms with Gasteiger partial charge in [0.25, 0.3) is 0 Å². The number of hydrogen-bond donors (Lipinski definition) is 0. The molecular formula is C17H11Cl4F3O2. The molecule has 2 aromatic rings. The number of rotatable bonds is 6. The lowest BCUT2D eigenvalue weighted by Crippen LogP contribution is -2.05. The Morgan fingerprint density at radius 1 is 0.962 bits per heavy atom. The smallest absolute Gasteiger partial charge is 0.416 e. The number of ether oxygens (including phenoxy) is 2. The predicted octanol–water partition coefficient (Wildman–Crippen LogP) is 7.29. The molecule has 0 amide bonds. The Bertz CT molecular complexity index is 763. The standard InChI is InChI=1S/C17H11Cl4F3O2/c18-13-7-12(25-6-5-15(20)21)8-14(19)16(13)26-9-10-1-3-11(4-2-10)17(22,23)24/h1-5,7-8H,6,9H2. The van der Waals surface area contributed by atoms with Crippen molar-refractivity contribution >= 4 is 46.4 Å². The van der Waals surface area contributed by atoms with Crippen LogP contribution < -0.4 is 9.47 Å². The molecule has 0 unspecified atom stereocenters. The van der Waals surface area contributed by atoms with E-state index in [0.717, 1.165) is 12.1 Å². The van der Waals surface area contributed by atoms with E-state index in [9.17, 15) is 13.2 Å². The second-order valence-electron chi connectivity index (χ2n) is 5.00. The Morgan fingerprint density at radius 3 is 2.04 bits per heavy atom. The van der Waals surface area contributed by atoms with Gasteiger partial charge in [0.05, 0.1) is 15.6 Å². The summed E-state index contributed by atoms with van der Waals surface area (Å²) >= 11 is 23.2. The fraction of sp³-hybridized carbons (Fsp3) is 0.176. The molecule has 2 rings (SSSR count). The van der Waals surface area contributed by atoms with Gasteiger partial charge in [-0.25, -0.2) is 0 Å². The molecule has 0 saturated carbocycles. The van der Waals surface area contributed by atoms with Crippen LogP contribution in [0, 0.1) is 0 Å². The lowest BCUT2D eigenvalue weighted by atomic mass is 10.1. The normalized spacial score (nSPS) is 11.2. The molecule has 2 nitrogen and oxygen atoms in total. The van der Waals surface area contributed by atoms with Crippen LogP contribution in [0.5, 0.6) is 11.5 Å². The van der Waals surface area contributed by atoms with Crippen LogP contribution >= 0.6 is 46.4 Å². The second-order valence-corrected chi connectivity index (χ2v) is 6.83. The van der Waals surface area contributed by atoms with E-state index in [1.807, 2.05) is 0 Å². The lowest BCUT2D eigenvalue weighted by Gasteiger charge is -2.13. The number of benzene rings is 2. The van der Waals surface area contributed by atoms with E-state index >= 15 is 0 Å². The van der Waals surface area contributed by atoms with Crippen molar-refractivity contribution in [3.05, 3.63) is 68.1 Å². The van der Waals surface area contributed by atoms with Gasteiger partial charge in [-0.2, -0.15) is 13.2 Å². The van der Waals surface area contributed by atoms with E-state index in [-0.39, 0.29) is 33.5 Å². The van der Waals surface area contributed by atoms with Crippen molar-refractivity contribution in [1.29, 1.82) is 0 Å². The first-order valence-corrected chi connectivity index (χ1v) is 8.60. The van der Waals surface area contributed by atoms with Gasteiger partial charge in [0.1, 0.15) is 23.5 Å². The molecular weight excluding hydrogens is 435 g/mol. The first-order chi connectivity index (χ1) is 12.2. The van der Waals surface area contributed by atoms with Crippen molar-refractivity contribution in [3.63, 3.8) is 0 Å². The van der Waals surface area contributed by atoms with Crippen LogP contribution in [-0.4, -0.2) is 6.61 Å². The Hall–Kier alpha value is -1.27. The van der Waals surface area contributed by atoms with Crippen LogP contribution in [-0.2, 0) is 12.8 Å². The second kappa shape index (κ2) is 9.09. The predicted molar refractivity (Wildman–Crippen MR) is 97.5 cm³/mol. The SMILES string of the molecule is FC(F)(F)c1ccc(COc2c(Cl)cc(OCC=C(Cl)Cl)cc2Cl)cc1. The summed E-state index contributed by atoms with van der Waals surface area (Å²) in [6, 6.07) is 7.59. The monoisotopic (exact) mass is 444 g/mol. The molecule has 0 spiro atoms.